The normalized spacial score (nSPS) is 14.8. The molecular weight excluding hydrogens is 236 g/mol. The molecule has 0 radical (unpaired) electrons. The number of rotatable bonds is 10. The van der Waals surface area contributed by atoms with E-state index in [0.29, 0.717) is 6.61 Å². The van der Waals surface area contributed by atoms with E-state index in [1.54, 1.807) is 0 Å². The molecule has 1 saturated carbocycles. The molecule has 0 spiro atoms. The molecule has 106 valence electrons. The molecule has 0 atom stereocenters. The predicted molar refractivity (Wildman–Crippen MR) is 77.9 cm³/mol. The summed E-state index contributed by atoms with van der Waals surface area (Å²) in [5, 5.41) is 3.49. The number of nitrogens with zero attached hydrogens (tertiary/aromatic N) is 1. The summed E-state index contributed by atoms with van der Waals surface area (Å²) < 4.78 is 5.64. The Morgan fingerprint density at radius 1 is 1.26 bits per heavy atom. The largest absolute Gasteiger partial charge is 0.375 e. The maximum Gasteiger partial charge on any atom is 0.0887 e. The maximum absolute atomic E-state index is 5.64. The van der Waals surface area contributed by atoms with Crippen molar-refractivity contribution in [2.45, 2.75) is 64.6 Å². The van der Waals surface area contributed by atoms with Gasteiger partial charge in [0.2, 0.25) is 0 Å². The summed E-state index contributed by atoms with van der Waals surface area (Å²) in [5.41, 5.74) is 2.30. The summed E-state index contributed by atoms with van der Waals surface area (Å²) in [6.07, 6.45) is 9.65. The molecule has 19 heavy (non-hydrogen) atoms. The Morgan fingerprint density at radius 2 is 2.16 bits per heavy atom. The molecule has 0 bridgehead atoms. The third kappa shape index (κ3) is 6.17. The van der Waals surface area contributed by atoms with Gasteiger partial charge in [0, 0.05) is 25.4 Å². The van der Waals surface area contributed by atoms with Crippen LogP contribution in [0.15, 0.2) is 18.3 Å². The molecule has 0 amide bonds. The van der Waals surface area contributed by atoms with Crippen LogP contribution in [0, 0.1) is 0 Å². The fourth-order valence-electron chi connectivity index (χ4n) is 2.00. The fourth-order valence-corrected chi connectivity index (χ4v) is 2.00. The molecule has 1 aliphatic rings. The van der Waals surface area contributed by atoms with Crippen LogP contribution >= 0.6 is 0 Å². The summed E-state index contributed by atoms with van der Waals surface area (Å²) in [7, 11) is 0. The molecule has 1 heterocycles. The third-order valence-electron chi connectivity index (χ3n) is 3.45. The lowest BCUT2D eigenvalue weighted by molar-refractivity contribution is 0.114. The molecule has 0 saturated heterocycles. The fraction of sp³-hybridized carbons (Fsp3) is 0.688. The third-order valence-corrected chi connectivity index (χ3v) is 3.45. The van der Waals surface area contributed by atoms with Gasteiger partial charge in [-0.25, -0.2) is 0 Å². The van der Waals surface area contributed by atoms with Crippen LogP contribution < -0.4 is 5.32 Å². The van der Waals surface area contributed by atoms with Crippen molar-refractivity contribution in [3.05, 3.63) is 29.6 Å². The standard InChI is InChI=1S/C16H26N2O/c1-2-3-4-5-10-19-13-16-7-6-14(12-18-16)11-17-15-8-9-15/h6-7,12,15,17H,2-5,8-11,13H2,1H3. The Bertz CT molecular complexity index is 346. The number of nitrogens with one attached hydrogen (secondary N) is 1. The molecule has 1 N–H and O–H groups in total. The van der Waals surface area contributed by atoms with E-state index in [9.17, 15) is 0 Å². The number of pyridine rings is 1. The van der Waals surface area contributed by atoms with Gasteiger partial charge in [-0.15, -0.1) is 0 Å². The van der Waals surface area contributed by atoms with E-state index in [1.165, 1.54) is 37.7 Å². The van der Waals surface area contributed by atoms with Gasteiger partial charge < -0.3 is 10.1 Å². The van der Waals surface area contributed by atoms with Gasteiger partial charge in [0.25, 0.3) is 0 Å². The zero-order valence-electron chi connectivity index (χ0n) is 12.0. The second-order valence-corrected chi connectivity index (χ2v) is 5.43. The Morgan fingerprint density at radius 3 is 2.84 bits per heavy atom. The van der Waals surface area contributed by atoms with E-state index in [-0.39, 0.29) is 0 Å². The van der Waals surface area contributed by atoms with Gasteiger partial charge in [-0.1, -0.05) is 32.3 Å². The minimum Gasteiger partial charge on any atom is -0.375 e. The first-order valence-electron chi connectivity index (χ1n) is 7.63. The van der Waals surface area contributed by atoms with Crippen LogP contribution in [0.3, 0.4) is 0 Å². The average molecular weight is 262 g/mol. The topological polar surface area (TPSA) is 34.1 Å². The average Bonchev–Trinajstić information content (AvgIpc) is 3.26. The van der Waals surface area contributed by atoms with Crippen molar-refractivity contribution in [2.75, 3.05) is 6.61 Å². The van der Waals surface area contributed by atoms with Crippen molar-refractivity contribution < 1.29 is 4.74 Å². The molecule has 2 rings (SSSR count). The van der Waals surface area contributed by atoms with Crippen molar-refractivity contribution in [1.29, 1.82) is 0 Å². The van der Waals surface area contributed by atoms with Crippen molar-refractivity contribution >= 4 is 0 Å². The van der Waals surface area contributed by atoms with Crippen LogP contribution in [-0.2, 0) is 17.9 Å². The number of hydrogen-bond acceptors (Lipinski definition) is 3. The first-order valence-corrected chi connectivity index (χ1v) is 7.63. The highest BCUT2D eigenvalue weighted by Gasteiger charge is 2.19. The van der Waals surface area contributed by atoms with Crippen LogP contribution in [0.5, 0.6) is 0 Å². The molecular formula is C16H26N2O. The summed E-state index contributed by atoms with van der Waals surface area (Å²) in [6, 6.07) is 4.99. The predicted octanol–water partition coefficient (Wildman–Crippen LogP) is 3.43. The highest BCUT2D eigenvalue weighted by molar-refractivity contribution is 5.13. The molecule has 0 unspecified atom stereocenters. The van der Waals surface area contributed by atoms with E-state index in [4.69, 9.17) is 4.74 Å². The monoisotopic (exact) mass is 262 g/mol. The van der Waals surface area contributed by atoms with Gasteiger partial charge in [0.05, 0.1) is 12.3 Å². The quantitative estimate of drug-likeness (QED) is 0.656. The zero-order valence-corrected chi connectivity index (χ0v) is 12.0. The summed E-state index contributed by atoms with van der Waals surface area (Å²) in [6.45, 7) is 4.66. The second-order valence-electron chi connectivity index (χ2n) is 5.43. The number of unbranched alkanes of at least 4 members (excludes halogenated alkanes) is 3. The van der Waals surface area contributed by atoms with E-state index in [2.05, 4.69) is 29.4 Å². The van der Waals surface area contributed by atoms with E-state index < -0.39 is 0 Å². The van der Waals surface area contributed by atoms with Crippen molar-refractivity contribution in [3.8, 4) is 0 Å². The van der Waals surface area contributed by atoms with Gasteiger partial charge in [-0.2, -0.15) is 0 Å². The SMILES string of the molecule is CCCCCCOCc1ccc(CNC2CC2)cn1. The second kappa shape index (κ2) is 8.28. The zero-order chi connectivity index (χ0) is 13.3. The van der Waals surface area contributed by atoms with E-state index in [1.807, 2.05) is 6.20 Å². The number of ether oxygens (including phenoxy) is 1. The first kappa shape index (κ1) is 14.5. The molecule has 0 aliphatic heterocycles. The molecule has 3 nitrogen and oxygen atoms in total. The molecule has 1 aromatic heterocycles. The van der Waals surface area contributed by atoms with Gasteiger partial charge >= 0.3 is 0 Å². The van der Waals surface area contributed by atoms with Gasteiger partial charge in [-0.05, 0) is 30.9 Å². The smallest absolute Gasteiger partial charge is 0.0887 e. The van der Waals surface area contributed by atoms with Crippen LogP contribution in [0.4, 0.5) is 0 Å². The maximum atomic E-state index is 5.64. The Labute approximate surface area is 116 Å². The molecule has 0 aromatic carbocycles. The van der Waals surface area contributed by atoms with Gasteiger partial charge in [0.15, 0.2) is 0 Å². The van der Waals surface area contributed by atoms with Crippen molar-refractivity contribution in [2.24, 2.45) is 0 Å². The van der Waals surface area contributed by atoms with Gasteiger partial charge in [-0.3, -0.25) is 4.98 Å². The highest BCUT2D eigenvalue weighted by Crippen LogP contribution is 2.19. The lowest BCUT2D eigenvalue weighted by atomic mass is 10.2. The molecule has 3 heteroatoms. The minimum atomic E-state index is 0.641. The number of aromatic nitrogens is 1. The number of hydrogen-bond donors (Lipinski definition) is 1. The lowest BCUT2D eigenvalue weighted by Crippen LogP contribution is -2.15. The Balaban J connectivity index is 1.58. The van der Waals surface area contributed by atoms with Crippen molar-refractivity contribution in [3.63, 3.8) is 0 Å². The van der Waals surface area contributed by atoms with Crippen LogP contribution in [0.25, 0.3) is 0 Å². The van der Waals surface area contributed by atoms with Crippen LogP contribution in [-0.4, -0.2) is 17.6 Å². The lowest BCUT2D eigenvalue weighted by Gasteiger charge is -2.06. The first-order chi connectivity index (χ1) is 9.38. The summed E-state index contributed by atoms with van der Waals surface area (Å²) in [5.74, 6) is 0. The molecule has 1 aliphatic carbocycles. The van der Waals surface area contributed by atoms with Crippen LogP contribution in [0.1, 0.15) is 56.7 Å². The Kier molecular flexibility index (Phi) is 6.31. The minimum absolute atomic E-state index is 0.641. The van der Waals surface area contributed by atoms with Gasteiger partial charge in [0.1, 0.15) is 0 Å². The van der Waals surface area contributed by atoms with E-state index in [0.717, 1.165) is 31.3 Å². The molecule has 1 aromatic rings. The van der Waals surface area contributed by atoms with E-state index >= 15 is 0 Å². The summed E-state index contributed by atoms with van der Waals surface area (Å²) in [4.78, 5) is 4.45. The van der Waals surface area contributed by atoms with Crippen molar-refractivity contribution in [1.82, 2.24) is 10.3 Å². The molecule has 1 fully saturated rings. The van der Waals surface area contributed by atoms with Crippen LogP contribution in [0.2, 0.25) is 0 Å². The highest BCUT2D eigenvalue weighted by atomic mass is 16.5. The Hall–Kier alpha value is -0.930. The summed E-state index contributed by atoms with van der Waals surface area (Å²) >= 11 is 0.